The summed E-state index contributed by atoms with van der Waals surface area (Å²) in [6, 6.07) is 15.6. The van der Waals surface area contributed by atoms with Crippen LogP contribution in [0.2, 0.25) is 18.1 Å². The molecule has 2 heterocycles. The highest BCUT2D eigenvalue weighted by molar-refractivity contribution is 6.73. The monoisotopic (exact) mass is 594 g/mol. The topological polar surface area (TPSA) is 112 Å². The Morgan fingerprint density at radius 2 is 1.71 bits per heavy atom. The molecule has 2 aliphatic rings. The van der Waals surface area contributed by atoms with Crippen LogP contribution in [-0.4, -0.2) is 44.6 Å². The van der Waals surface area contributed by atoms with Crippen LogP contribution in [0.3, 0.4) is 0 Å². The fourth-order valence-electron chi connectivity index (χ4n) is 6.59. The molecule has 2 fully saturated rings. The molecule has 1 aliphatic heterocycles. The Bertz CT molecular complexity index is 1460. The first-order valence-corrected chi connectivity index (χ1v) is 17.6. The van der Waals surface area contributed by atoms with Gasteiger partial charge >= 0.3 is 5.63 Å². The lowest BCUT2D eigenvalue weighted by Gasteiger charge is -2.49. The third kappa shape index (κ3) is 5.77. The first-order chi connectivity index (χ1) is 20.3. The van der Waals surface area contributed by atoms with Crippen molar-refractivity contribution in [3.05, 3.63) is 58.4 Å². The molecule has 1 saturated heterocycles. The van der Waals surface area contributed by atoms with Crippen molar-refractivity contribution in [2.45, 2.75) is 102 Å². The average Bonchev–Trinajstić information content (AvgIpc) is 3.46. The molecule has 9 nitrogen and oxygen atoms in total. The lowest BCUT2D eigenvalue weighted by molar-refractivity contribution is -0.272. The van der Waals surface area contributed by atoms with Gasteiger partial charge in [0, 0.05) is 19.1 Å². The van der Waals surface area contributed by atoms with Crippen LogP contribution in [0.5, 0.6) is 11.5 Å². The van der Waals surface area contributed by atoms with Crippen molar-refractivity contribution < 1.29 is 28.2 Å². The van der Waals surface area contributed by atoms with E-state index in [2.05, 4.69) is 31.0 Å². The van der Waals surface area contributed by atoms with Crippen LogP contribution < -0.4 is 10.4 Å². The lowest BCUT2D eigenvalue weighted by Crippen LogP contribution is -2.61. The second-order valence-corrected chi connectivity index (χ2v) is 16.1. The van der Waals surface area contributed by atoms with E-state index in [1.54, 1.807) is 38.3 Å². The van der Waals surface area contributed by atoms with Gasteiger partial charge in [-0.15, -0.1) is 5.11 Å². The highest BCUT2D eigenvalue weighted by atomic mass is 28.4. The van der Waals surface area contributed by atoms with Gasteiger partial charge in [-0.05, 0) is 62.2 Å². The normalized spacial score (nSPS) is 22.4. The van der Waals surface area contributed by atoms with E-state index in [1.807, 2.05) is 18.2 Å². The molecule has 0 unspecified atom stereocenters. The van der Waals surface area contributed by atoms with Crippen LogP contribution in [0.15, 0.2) is 61.9 Å². The van der Waals surface area contributed by atoms with E-state index < -0.39 is 25.8 Å². The minimum Gasteiger partial charge on any atom is -0.505 e. The van der Waals surface area contributed by atoms with Crippen molar-refractivity contribution in [1.29, 1.82) is 0 Å². The van der Waals surface area contributed by atoms with Crippen LogP contribution in [0, 0.1) is 6.92 Å². The number of hydrogen-bond donors (Lipinski definition) is 1. The summed E-state index contributed by atoms with van der Waals surface area (Å²) in [5.74, 6) is 0.229. The number of rotatable bonds is 10. The van der Waals surface area contributed by atoms with Crippen molar-refractivity contribution in [2.75, 3.05) is 7.11 Å². The number of azo groups is 1. The Labute approximate surface area is 248 Å². The van der Waals surface area contributed by atoms with Crippen LogP contribution in [0.1, 0.15) is 58.4 Å². The molecular weight excluding hydrogens is 552 g/mol. The van der Waals surface area contributed by atoms with Gasteiger partial charge in [-0.1, -0.05) is 51.8 Å². The van der Waals surface area contributed by atoms with Crippen molar-refractivity contribution in [3.63, 3.8) is 0 Å². The summed E-state index contributed by atoms with van der Waals surface area (Å²) < 4.78 is 32.0. The summed E-state index contributed by atoms with van der Waals surface area (Å²) in [7, 11) is -0.173. The SMILES string of the molecule is CC[Si](CC)(CC)O[C@@H]1C[C@@H](Oc2ccc3c(O)c(N=Nc4ccccc4)c(=O)oc3c2C)OC2(CCCC2)[C@H]1OC. The fraction of sp³-hybridized carbons (Fsp3) is 0.531. The van der Waals surface area contributed by atoms with E-state index in [0.29, 0.717) is 28.8 Å². The number of nitrogens with zero attached hydrogens (tertiary/aromatic N) is 2. The zero-order valence-electron chi connectivity index (χ0n) is 25.2. The number of ether oxygens (including phenoxy) is 3. The maximum absolute atomic E-state index is 12.9. The quantitative estimate of drug-likeness (QED) is 0.143. The van der Waals surface area contributed by atoms with Crippen molar-refractivity contribution in [3.8, 4) is 11.5 Å². The predicted octanol–water partition coefficient (Wildman–Crippen LogP) is 8.07. The molecule has 0 radical (unpaired) electrons. The number of methoxy groups -OCH3 is 1. The molecule has 5 rings (SSSR count). The highest BCUT2D eigenvalue weighted by Crippen LogP contribution is 2.46. The molecule has 1 saturated carbocycles. The third-order valence-corrected chi connectivity index (χ3v) is 13.9. The summed E-state index contributed by atoms with van der Waals surface area (Å²) in [6.45, 7) is 8.50. The summed E-state index contributed by atoms with van der Waals surface area (Å²) in [5.41, 5.74) is -0.127. The number of benzene rings is 2. The molecule has 1 spiro atoms. The first kappa shape index (κ1) is 30.4. The maximum atomic E-state index is 12.9. The van der Waals surface area contributed by atoms with Crippen LogP contribution in [0.25, 0.3) is 11.0 Å². The summed E-state index contributed by atoms with van der Waals surface area (Å²) in [6.07, 6.45) is 3.59. The molecule has 3 aromatic rings. The summed E-state index contributed by atoms with van der Waals surface area (Å²) >= 11 is 0. The summed E-state index contributed by atoms with van der Waals surface area (Å²) in [5, 5.41) is 19.3. The van der Waals surface area contributed by atoms with Crippen molar-refractivity contribution in [2.24, 2.45) is 10.2 Å². The van der Waals surface area contributed by atoms with Crippen LogP contribution >= 0.6 is 0 Å². The van der Waals surface area contributed by atoms with Gasteiger partial charge in [-0.2, -0.15) is 5.11 Å². The fourth-order valence-corrected chi connectivity index (χ4v) is 9.45. The van der Waals surface area contributed by atoms with E-state index >= 15 is 0 Å². The Morgan fingerprint density at radius 3 is 2.36 bits per heavy atom. The second kappa shape index (κ2) is 12.7. The molecule has 2 aromatic carbocycles. The van der Waals surface area contributed by atoms with E-state index in [9.17, 15) is 9.90 Å². The lowest BCUT2D eigenvalue weighted by atomic mass is 9.86. The van der Waals surface area contributed by atoms with Gasteiger partial charge in [-0.3, -0.25) is 0 Å². The number of hydrogen-bond acceptors (Lipinski definition) is 9. The molecule has 10 heteroatoms. The number of fused-ring (bicyclic) bond motifs is 1. The molecular formula is C32H42N2O7Si. The molecule has 1 N–H and O–H groups in total. The van der Waals surface area contributed by atoms with Crippen LogP contribution in [0.4, 0.5) is 11.4 Å². The molecule has 0 amide bonds. The third-order valence-electron chi connectivity index (χ3n) is 9.19. The molecule has 42 heavy (non-hydrogen) atoms. The Balaban J connectivity index is 1.45. The zero-order valence-corrected chi connectivity index (χ0v) is 26.2. The average molecular weight is 595 g/mol. The largest absolute Gasteiger partial charge is 0.505 e. The van der Waals surface area contributed by atoms with Crippen LogP contribution in [-0.2, 0) is 13.9 Å². The molecule has 1 aliphatic carbocycles. The van der Waals surface area contributed by atoms with E-state index in [4.69, 9.17) is 23.1 Å². The standard InChI is InChI=1S/C32H42N2O7Si/c1-6-42(7-2,8-3)41-25-20-26(40-32(30(25)37-5)18-12-13-19-32)38-24-17-16-23-28(35)27(31(36)39-29(23)21(24)4)34-33-22-14-10-9-11-15-22/h9-11,14-17,25-26,30,35H,6-8,12-13,18-20H2,1-5H3/t25-,26+,30+/m1/s1. The molecule has 226 valence electrons. The van der Waals surface area contributed by atoms with Gasteiger partial charge in [0.1, 0.15) is 23.0 Å². The number of aryl methyl sites for hydroxylation is 1. The van der Waals surface area contributed by atoms with Crippen molar-refractivity contribution >= 4 is 30.7 Å². The number of aromatic hydroxyl groups is 1. The van der Waals surface area contributed by atoms with Gasteiger partial charge in [0.25, 0.3) is 0 Å². The predicted molar refractivity (Wildman–Crippen MR) is 164 cm³/mol. The van der Waals surface area contributed by atoms with E-state index in [-0.39, 0.29) is 29.2 Å². The molecule has 1 aromatic heterocycles. The van der Waals surface area contributed by atoms with Gasteiger partial charge in [-0.25, -0.2) is 4.79 Å². The second-order valence-electron chi connectivity index (χ2n) is 11.4. The van der Waals surface area contributed by atoms with Crippen molar-refractivity contribution in [1.82, 2.24) is 0 Å². The Morgan fingerprint density at radius 1 is 1.02 bits per heavy atom. The Kier molecular flexibility index (Phi) is 9.17. The molecule has 0 bridgehead atoms. The maximum Gasteiger partial charge on any atom is 0.368 e. The Hall–Kier alpha value is -3.05. The minimum absolute atomic E-state index is 0.140. The smallest absolute Gasteiger partial charge is 0.368 e. The van der Waals surface area contributed by atoms with Gasteiger partial charge < -0.3 is 28.2 Å². The molecule has 3 atom stereocenters. The van der Waals surface area contributed by atoms with E-state index in [1.165, 1.54) is 0 Å². The van der Waals surface area contributed by atoms with E-state index in [0.717, 1.165) is 43.8 Å². The van der Waals surface area contributed by atoms with Gasteiger partial charge in [0.2, 0.25) is 12.0 Å². The minimum atomic E-state index is -1.93. The highest BCUT2D eigenvalue weighted by Gasteiger charge is 2.54. The first-order valence-electron chi connectivity index (χ1n) is 15.1. The summed E-state index contributed by atoms with van der Waals surface area (Å²) in [4.78, 5) is 12.9. The van der Waals surface area contributed by atoms with Gasteiger partial charge in [0.05, 0.1) is 17.2 Å². The van der Waals surface area contributed by atoms with Gasteiger partial charge in [0.15, 0.2) is 14.1 Å². The zero-order chi connectivity index (χ0) is 29.9.